The molecule has 0 fully saturated rings. The monoisotopic (exact) mass is 355 g/mol. The highest BCUT2D eigenvalue weighted by atomic mass is 79.9. The van der Waals surface area contributed by atoms with Crippen molar-refractivity contribution in [2.75, 3.05) is 5.73 Å². The SMILES string of the molecule is Nc1ccc2cnn(-c3cc(Br)ccc3C(F)(F)F)c2c1. The van der Waals surface area contributed by atoms with Gasteiger partial charge in [0.25, 0.3) is 0 Å². The van der Waals surface area contributed by atoms with Crippen molar-refractivity contribution in [1.29, 1.82) is 0 Å². The van der Waals surface area contributed by atoms with Crippen molar-refractivity contribution >= 4 is 32.5 Å². The van der Waals surface area contributed by atoms with Crippen LogP contribution in [0.25, 0.3) is 16.6 Å². The quantitative estimate of drug-likeness (QED) is 0.658. The van der Waals surface area contributed by atoms with E-state index in [0.29, 0.717) is 15.7 Å². The summed E-state index contributed by atoms with van der Waals surface area (Å²) in [6, 6.07) is 8.77. The summed E-state index contributed by atoms with van der Waals surface area (Å²) >= 11 is 3.19. The van der Waals surface area contributed by atoms with Crippen LogP contribution in [0.3, 0.4) is 0 Å². The highest BCUT2D eigenvalue weighted by molar-refractivity contribution is 9.10. The zero-order valence-electron chi connectivity index (χ0n) is 10.5. The van der Waals surface area contributed by atoms with E-state index in [-0.39, 0.29) is 5.69 Å². The summed E-state index contributed by atoms with van der Waals surface area (Å²) in [5.41, 5.74) is 5.91. The van der Waals surface area contributed by atoms with Gasteiger partial charge in [-0.3, -0.25) is 0 Å². The Bertz CT molecular complexity index is 824. The third-order valence-electron chi connectivity index (χ3n) is 3.09. The molecule has 2 N–H and O–H groups in total. The standard InChI is InChI=1S/C14H9BrF3N3/c15-9-2-4-11(14(16,17)18)13(5-9)21-12-6-10(19)3-1-8(12)7-20-21/h1-7H,19H2. The van der Waals surface area contributed by atoms with Crippen LogP contribution in [-0.4, -0.2) is 9.78 Å². The van der Waals surface area contributed by atoms with E-state index < -0.39 is 11.7 Å². The Balaban J connectivity index is 2.32. The van der Waals surface area contributed by atoms with E-state index in [1.807, 2.05) is 0 Å². The van der Waals surface area contributed by atoms with Crippen LogP contribution < -0.4 is 5.73 Å². The van der Waals surface area contributed by atoms with E-state index in [2.05, 4.69) is 21.0 Å². The van der Waals surface area contributed by atoms with Crippen molar-refractivity contribution in [3.05, 3.63) is 52.6 Å². The van der Waals surface area contributed by atoms with E-state index in [1.165, 1.54) is 23.0 Å². The van der Waals surface area contributed by atoms with Crippen LogP contribution in [0.15, 0.2) is 47.1 Å². The van der Waals surface area contributed by atoms with Crippen molar-refractivity contribution < 1.29 is 13.2 Å². The molecule has 108 valence electrons. The second kappa shape index (κ2) is 4.77. The smallest absolute Gasteiger partial charge is 0.399 e. The Morgan fingerprint density at radius 1 is 1.10 bits per heavy atom. The molecule has 1 heterocycles. The molecule has 0 amide bonds. The van der Waals surface area contributed by atoms with Crippen molar-refractivity contribution in [1.82, 2.24) is 9.78 Å². The minimum atomic E-state index is -4.46. The summed E-state index contributed by atoms with van der Waals surface area (Å²) in [5.74, 6) is 0. The number of alkyl halides is 3. The average Bonchev–Trinajstić information content (AvgIpc) is 2.79. The van der Waals surface area contributed by atoms with Gasteiger partial charge in [-0.1, -0.05) is 15.9 Å². The van der Waals surface area contributed by atoms with Crippen LogP contribution in [0.1, 0.15) is 5.56 Å². The summed E-state index contributed by atoms with van der Waals surface area (Å²) < 4.78 is 41.3. The van der Waals surface area contributed by atoms with E-state index in [9.17, 15) is 13.2 Å². The number of nitrogens with two attached hydrogens (primary N) is 1. The lowest BCUT2D eigenvalue weighted by molar-refractivity contribution is -0.137. The Kier molecular flexibility index (Phi) is 3.16. The predicted octanol–water partition coefficient (Wildman–Crippen LogP) is 4.39. The molecule has 0 aliphatic heterocycles. The van der Waals surface area contributed by atoms with Gasteiger partial charge in [0.2, 0.25) is 0 Å². The number of anilines is 1. The van der Waals surface area contributed by atoms with Crippen molar-refractivity contribution in [3.63, 3.8) is 0 Å². The van der Waals surface area contributed by atoms with Gasteiger partial charge < -0.3 is 5.73 Å². The number of benzene rings is 2. The molecule has 0 atom stereocenters. The average molecular weight is 356 g/mol. The number of rotatable bonds is 1. The first-order valence-corrected chi connectivity index (χ1v) is 6.76. The second-order valence-electron chi connectivity index (χ2n) is 4.53. The summed E-state index contributed by atoms with van der Waals surface area (Å²) in [6.07, 6.45) is -2.95. The van der Waals surface area contributed by atoms with Gasteiger partial charge in [0.15, 0.2) is 0 Å². The van der Waals surface area contributed by atoms with Gasteiger partial charge in [0.05, 0.1) is 23.0 Å². The van der Waals surface area contributed by atoms with E-state index in [4.69, 9.17) is 5.73 Å². The second-order valence-corrected chi connectivity index (χ2v) is 5.45. The molecule has 2 aromatic carbocycles. The molecule has 0 saturated heterocycles. The van der Waals surface area contributed by atoms with Gasteiger partial charge in [-0.2, -0.15) is 18.3 Å². The van der Waals surface area contributed by atoms with Crippen LogP contribution in [0.4, 0.5) is 18.9 Å². The molecule has 3 rings (SSSR count). The van der Waals surface area contributed by atoms with Gasteiger partial charge in [-0.15, -0.1) is 0 Å². The largest absolute Gasteiger partial charge is 0.418 e. The number of aromatic nitrogens is 2. The lowest BCUT2D eigenvalue weighted by Gasteiger charge is -2.14. The summed E-state index contributed by atoms with van der Waals surface area (Å²) in [6.45, 7) is 0. The number of nitrogen functional groups attached to an aromatic ring is 1. The zero-order chi connectivity index (χ0) is 15.2. The Morgan fingerprint density at radius 3 is 2.57 bits per heavy atom. The first-order chi connectivity index (χ1) is 9.86. The molecule has 0 unspecified atom stereocenters. The highest BCUT2D eigenvalue weighted by Crippen LogP contribution is 2.36. The van der Waals surface area contributed by atoms with Gasteiger partial charge in [-0.05, 0) is 36.4 Å². The maximum atomic E-state index is 13.2. The van der Waals surface area contributed by atoms with E-state index in [1.54, 1.807) is 18.2 Å². The Morgan fingerprint density at radius 2 is 1.86 bits per heavy atom. The first-order valence-electron chi connectivity index (χ1n) is 5.96. The number of halogens is 4. The third-order valence-corrected chi connectivity index (χ3v) is 3.58. The summed E-state index contributed by atoms with van der Waals surface area (Å²) in [4.78, 5) is 0. The maximum Gasteiger partial charge on any atom is 0.418 e. The van der Waals surface area contributed by atoms with Gasteiger partial charge >= 0.3 is 6.18 Å². The Labute approximate surface area is 126 Å². The van der Waals surface area contributed by atoms with Crippen molar-refractivity contribution in [2.45, 2.75) is 6.18 Å². The topological polar surface area (TPSA) is 43.8 Å². The predicted molar refractivity (Wildman–Crippen MR) is 78.2 cm³/mol. The van der Waals surface area contributed by atoms with E-state index in [0.717, 1.165) is 11.5 Å². The molecule has 0 bridgehead atoms. The molecule has 0 aliphatic rings. The van der Waals surface area contributed by atoms with Gasteiger partial charge in [-0.25, -0.2) is 4.68 Å². The fourth-order valence-corrected chi connectivity index (χ4v) is 2.50. The Hall–Kier alpha value is -2.02. The molecule has 0 radical (unpaired) electrons. The molecular weight excluding hydrogens is 347 g/mol. The van der Waals surface area contributed by atoms with Crippen molar-refractivity contribution in [2.24, 2.45) is 0 Å². The molecule has 0 spiro atoms. The number of fused-ring (bicyclic) bond motifs is 1. The van der Waals surface area contributed by atoms with Crippen molar-refractivity contribution in [3.8, 4) is 5.69 Å². The highest BCUT2D eigenvalue weighted by Gasteiger charge is 2.34. The van der Waals surface area contributed by atoms with Crippen LogP contribution in [-0.2, 0) is 6.18 Å². The molecule has 3 nitrogen and oxygen atoms in total. The third kappa shape index (κ3) is 2.49. The summed E-state index contributed by atoms with van der Waals surface area (Å²) in [5, 5.41) is 4.78. The number of hydrogen-bond donors (Lipinski definition) is 1. The minimum absolute atomic E-state index is 0.0440. The fraction of sp³-hybridized carbons (Fsp3) is 0.0714. The lowest BCUT2D eigenvalue weighted by atomic mass is 10.1. The van der Waals surface area contributed by atoms with Gasteiger partial charge in [0, 0.05) is 15.5 Å². The van der Waals surface area contributed by atoms with Crippen LogP contribution >= 0.6 is 15.9 Å². The van der Waals surface area contributed by atoms with Crippen LogP contribution in [0, 0.1) is 0 Å². The molecule has 0 aliphatic carbocycles. The van der Waals surface area contributed by atoms with Gasteiger partial charge in [0.1, 0.15) is 0 Å². The van der Waals surface area contributed by atoms with Crippen LogP contribution in [0.5, 0.6) is 0 Å². The zero-order valence-corrected chi connectivity index (χ0v) is 12.1. The minimum Gasteiger partial charge on any atom is -0.399 e. The summed E-state index contributed by atoms with van der Waals surface area (Å²) in [7, 11) is 0. The maximum absolute atomic E-state index is 13.2. The normalized spacial score (nSPS) is 12.0. The number of hydrogen-bond acceptors (Lipinski definition) is 2. The lowest BCUT2D eigenvalue weighted by Crippen LogP contribution is -2.11. The molecular formula is C14H9BrF3N3. The number of nitrogens with zero attached hydrogens (tertiary/aromatic N) is 2. The van der Waals surface area contributed by atoms with E-state index >= 15 is 0 Å². The molecule has 7 heteroatoms. The molecule has 1 aromatic heterocycles. The molecule has 0 saturated carbocycles. The first kappa shape index (κ1) is 13.9. The fourth-order valence-electron chi connectivity index (χ4n) is 2.15. The molecule has 21 heavy (non-hydrogen) atoms. The van der Waals surface area contributed by atoms with Crippen LogP contribution in [0.2, 0.25) is 0 Å². The molecule has 3 aromatic rings.